The lowest BCUT2D eigenvalue weighted by Gasteiger charge is -2.16. The van der Waals surface area contributed by atoms with Crippen LogP contribution in [0.2, 0.25) is 0 Å². The van der Waals surface area contributed by atoms with Crippen LogP contribution in [0.4, 0.5) is 0 Å². The molecule has 1 atom stereocenters. The van der Waals surface area contributed by atoms with Crippen LogP contribution in [-0.4, -0.2) is 30.4 Å². The Hall–Kier alpha value is -1.35. The van der Waals surface area contributed by atoms with E-state index in [1.807, 2.05) is 29.2 Å². The highest BCUT2D eigenvalue weighted by atomic mass is 16.2. The van der Waals surface area contributed by atoms with Crippen molar-refractivity contribution in [3.8, 4) is 0 Å². The molecule has 1 aromatic rings. The van der Waals surface area contributed by atoms with Crippen LogP contribution < -0.4 is 5.73 Å². The van der Waals surface area contributed by atoms with Crippen LogP contribution in [0.5, 0.6) is 0 Å². The highest BCUT2D eigenvalue weighted by molar-refractivity contribution is 5.94. The van der Waals surface area contributed by atoms with E-state index in [4.69, 9.17) is 5.73 Å². The Balaban J connectivity index is 2.10. The van der Waals surface area contributed by atoms with Gasteiger partial charge in [0, 0.05) is 18.7 Å². The summed E-state index contributed by atoms with van der Waals surface area (Å²) in [4.78, 5) is 14.2. The van der Waals surface area contributed by atoms with Gasteiger partial charge in [-0.2, -0.15) is 0 Å². The minimum Gasteiger partial charge on any atom is -0.338 e. The third-order valence-corrected chi connectivity index (χ3v) is 3.32. The molecule has 1 amide bonds. The summed E-state index contributed by atoms with van der Waals surface area (Å²) in [6.45, 7) is 4.59. The van der Waals surface area contributed by atoms with E-state index >= 15 is 0 Å². The molecule has 17 heavy (non-hydrogen) atoms. The van der Waals surface area contributed by atoms with Crippen molar-refractivity contribution in [2.24, 2.45) is 11.7 Å². The maximum atomic E-state index is 12.2. The molecule has 1 heterocycles. The molecular formula is C14H20N2O. The normalized spacial score (nSPS) is 19.6. The molecule has 0 aliphatic carbocycles. The summed E-state index contributed by atoms with van der Waals surface area (Å²) in [5.41, 5.74) is 7.47. The van der Waals surface area contributed by atoms with Crippen LogP contribution in [0.15, 0.2) is 24.3 Å². The molecule has 0 spiro atoms. The Labute approximate surface area is 103 Å². The van der Waals surface area contributed by atoms with Crippen LogP contribution in [0.3, 0.4) is 0 Å². The van der Waals surface area contributed by atoms with Gasteiger partial charge in [-0.05, 0) is 43.0 Å². The van der Waals surface area contributed by atoms with Crippen LogP contribution in [0.25, 0.3) is 0 Å². The Morgan fingerprint density at radius 2 is 2.35 bits per heavy atom. The maximum Gasteiger partial charge on any atom is 0.253 e. The van der Waals surface area contributed by atoms with E-state index in [9.17, 15) is 4.79 Å². The molecule has 1 unspecified atom stereocenters. The van der Waals surface area contributed by atoms with E-state index in [2.05, 4.69) is 6.92 Å². The van der Waals surface area contributed by atoms with E-state index in [-0.39, 0.29) is 5.91 Å². The lowest BCUT2D eigenvalue weighted by atomic mass is 10.1. The number of nitrogens with zero attached hydrogens (tertiary/aromatic N) is 1. The summed E-state index contributed by atoms with van der Waals surface area (Å²) >= 11 is 0. The van der Waals surface area contributed by atoms with Gasteiger partial charge in [-0.3, -0.25) is 4.79 Å². The molecule has 0 bridgehead atoms. The zero-order valence-electron chi connectivity index (χ0n) is 10.4. The first kappa shape index (κ1) is 12.1. The molecular weight excluding hydrogens is 212 g/mol. The van der Waals surface area contributed by atoms with Gasteiger partial charge in [-0.25, -0.2) is 0 Å². The summed E-state index contributed by atoms with van der Waals surface area (Å²) in [7, 11) is 0. The van der Waals surface area contributed by atoms with E-state index in [1.54, 1.807) is 0 Å². The Kier molecular flexibility index (Phi) is 3.79. The number of carbonyl (C=O) groups excluding carboxylic acids is 1. The van der Waals surface area contributed by atoms with Gasteiger partial charge in [0.05, 0.1) is 0 Å². The zero-order valence-corrected chi connectivity index (χ0v) is 10.4. The number of benzene rings is 1. The molecule has 2 N–H and O–H groups in total. The molecule has 1 saturated heterocycles. The third-order valence-electron chi connectivity index (χ3n) is 3.32. The highest BCUT2D eigenvalue weighted by Gasteiger charge is 2.23. The predicted octanol–water partition coefficient (Wildman–Crippen LogP) is 1.67. The van der Waals surface area contributed by atoms with Crippen molar-refractivity contribution in [2.75, 3.05) is 19.6 Å². The van der Waals surface area contributed by atoms with Gasteiger partial charge >= 0.3 is 0 Å². The second-order valence-electron chi connectivity index (χ2n) is 4.88. The van der Waals surface area contributed by atoms with Gasteiger partial charge < -0.3 is 10.6 Å². The Morgan fingerprint density at radius 1 is 1.53 bits per heavy atom. The van der Waals surface area contributed by atoms with E-state index in [0.29, 0.717) is 12.5 Å². The number of nitrogens with two attached hydrogens (primary N) is 1. The SMILES string of the molecule is CC1CCN(C(=O)c2cccc(CCN)c2)C1. The molecule has 2 rings (SSSR count). The predicted molar refractivity (Wildman–Crippen MR) is 68.9 cm³/mol. The van der Waals surface area contributed by atoms with Crippen molar-refractivity contribution in [3.05, 3.63) is 35.4 Å². The van der Waals surface area contributed by atoms with Crippen LogP contribution in [0, 0.1) is 5.92 Å². The maximum absolute atomic E-state index is 12.2. The lowest BCUT2D eigenvalue weighted by molar-refractivity contribution is 0.0788. The van der Waals surface area contributed by atoms with E-state index < -0.39 is 0 Å². The monoisotopic (exact) mass is 232 g/mol. The van der Waals surface area contributed by atoms with Gasteiger partial charge in [0.25, 0.3) is 5.91 Å². The van der Waals surface area contributed by atoms with Crippen molar-refractivity contribution >= 4 is 5.91 Å². The fourth-order valence-electron chi connectivity index (χ4n) is 2.33. The lowest BCUT2D eigenvalue weighted by Crippen LogP contribution is -2.28. The molecule has 3 heteroatoms. The number of hydrogen-bond donors (Lipinski definition) is 1. The van der Waals surface area contributed by atoms with Crippen LogP contribution in [-0.2, 0) is 6.42 Å². The second-order valence-corrected chi connectivity index (χ2v) is 4.88. The third kappa shape index (κ3) is 2.86. The fraction of sp³-hybridized carbons (Fsp3) is 0.500. The molecule has 1 fully saturated rings. The minimum atomic E-state index is 0.160. The number of carbonyl (C=O) groups is 1. The first-order valence-corrected chi connectivity index (χ1v) is 6.29. The van der Waals surface area contributed by atoms with Crippen LogP contribution >= 0.6 is 0 Å². The average Bonchev–Trinajstić information content (AvgIpc) is 2.76. The summed E-state index contributed by atoms with van der Waals surface area (Å²) in [5, 5.41) is 0. The number of likely N-dealkylation sites (tertiary alicyclic amines) is 1. The summed E-state index contributed by atoms with van der Waals surface area (Å²) in [6.07, 6.45) is 1.95. The standard InChI is InChI=1S/C14H20N2O/c1-11-6-8-16(10-11)14(17)13-4-2-3-12(9-13)5-7-15/h2-4,9,11H,5-8,10,15H2,1H3. The largest absolute Gasteiger partial charge is 0.338 e. The highest BCUT2D eigenvalue weighted by Crippen LogP contribution is 2.18. The molecule has 1 aliphatic rings. The molecule has 0 radical (unpaired) electrons. The van der Waals surface area contributed by atoms with Crippen molar-refractivity contribution in [3.63, 3.8) is 0 Å². The van der Waals surface area contributed by atoms with Crippen LogP contribution in [0.1, 0.15) is 29.3 Å². The molecule has 1 aliphatic heterocycles. The molecule has 0 aromatic heterocycles. The number of hydrogen-bond acceptors (Lipinski definition) is 2. The smallest absolute Gasteiger partial charge is 0.253 e. The quantitative estimate of drug-likeness (QED) is 0.861. The summed E-state index contributed by atoms with van der Waals surface area (Å²) in [5.74, 6) is 0.791. The Morgan fingerprint density at radius 3 is 3.00 bits per heavy atom. The number of rotatable bonds is 3. The first-order valence-electron chi connectivity index (χ1n) is 6.29. The van der Waals surface area contributed by atoms with Gasteiger partial charge in [-0.1, -0.05) is 19.1 Å². The Bertz CT molecular complexity index is 403. The average molecular weight is 232 g/mol. The van der Waals surface area contributed by atoms with E-state index in [1.165, 1.54) is 0 Å². The van der Waals surface area contributed by atoms with Gasteiger partial charge in [0.2, 0.25) is 0 Å². The van der Waals surface area contributed by atoms with Gasteiger partial charge in [0.1, 0.15) is 0 Å². The molecule has 0 saturated carbocycles. The molecule has 3 nitrogen and oxygen atoms in total. The van der Waals surface area contributed by atoms with Crippen molar-refractivity contribution in [1.29, 1.82) is 0 Å². The van der Waals surface area contributed by atoms with Crippen molar-refractivity contribution < 1.29 is 4.79 Å². The fourth-order valence-corrected chi connectivity index (χ4v) is 2.33. The molecule has 92 valence electrons. The van der Waals surface area contributed by atoms with Crippen molar-refractivity contribution in [2.45, 2.75) is 19.8 Å². The zero-order chi connectivity index (χ0) is 12.3. The molecule has 1 aromatic carbocycles. The summed E-state index contributed by atoms with van der Waals surface area (Å²) < 4.78 is 0. The first-order chi connectivity index (χ1) is 8.20. The van der Waals surface area contributed by atoms with Gasteiger partial charge in [0.15, 0.2) is 0 Å². The summed E-state index contributed by atoms with van der Waals surface area (Å²) in [6, 6.07) is 7.83. The minimum absolute atomic E-state index is 0.160. The topological polar surface area (TPSA) is 46.3 Å². The van der Waals surface area contributed by atoms with E-state index in [0.717, 1.165) is 37.1 Å². The second kappa shape index (κ2) is 5.32. The van der Waals surface area contributed by atoms with Gasteiger partial charge in [-0.15, -0.1) is 0 Å². The van der Waals surface area contributed by atoms with Crippen molar-refractivity contribution in [1.82, 2.24) is 4.90 Å². The number of amides is 1.